The van der Waals surface area contributed by atoms with Gasteiger partial charge in [-0.1, -0.05) is 29.8 Å². The van der Waals surface area contributed by atoms with Gasteiger partial charge in [-0.3, -0.25) is 0 Å². The number of benzene rings is 1. The van der Waals surface area contributed by atoms with Crippen molar-refractivity contribution in [3.8, 4) is 0 Å². The normalized spacial score (nSPS) is 11.6. The highest BCUT2D eigenvalue weighted by atomic mass is 16.5. The SMILES string of the molecule is CCOCCCNC(=NCc1cccc(C)c1)NCc1nnc(C)n1C. The Kier molecular flexibility index (Phi) is 8.08. The molecule has 2 N–H and O–H groups in total. The molecule has 0 atom stereocenters. The lowest BCUT2D eigenvalue weighted by atomic mass is 10.1. The molecule has 0 aliphatic heterocycles. The number of aliphatic imine (C=N–C) groups is 1. The number of aryl methyl sites for hydroxylation is 2. The van der Waals surface area contributed by atoms with Gasteiger partial charge in [0.05, 0.1) is 13.1 Å². The summed E-state index contributed by atoms with van der Waals surface area (Å²) in [5.41, 5.74) is 2.43. The van der Waals surface area contributed by atoms with Crippen LogP contribution in [-0.4, -0.2) is 40.5 Å². The zero-order valence-corrected chi connectivity index (χ0v) is 16.2. The van der Waals surface area contributed by atoms with Crippen molar-refractivity contribution in [2.75, 3.05) is 19.8 Å². The van der Waals surface area contributed by atoms with Crippen molar-refractivity contribution in [3.05, 3.63) is 47.0 Å². The van der Waals surface area contributed by atoms with Crippen LogP contribution in [0.1, 0.15) is 36.1 Å². The first kappa shape index (κ1) is 19.9. The van der Waals surface area contributed by atoms with E-state index in [0.717, 1.165) is 43.8 Å². The topological polar surface area (TPSA) is 76.4 Å². The summed E-state index contributed by atoms with van der Waals surface area (Å²) in [4.78, 5) is 4.70. The van der Waals surface area contributed by atoms with Crippen LogP contribution in [-0.2, 0) is 24.9 Å². The van der Waals surface area contributed by atoms with Gasteiger partial charge in [-0.25, -0.2) is 4.99 Å². The first-order valence-corrected chi connectivity index (χ1v) is 9.10. The summed E-state index contributed by atoms with van der Waals surface area (Å²) in [5, 5.41) is 15.0. The van der Waals surface area contributed by atoms with Gasteiger partial charge in [0.25, 0.3) is 0 Å². The third-order valence-corrected chi connectivity index (χ3v) is 4.06. The second-order valence-corrected chi connectivity index (χ2v) is 6.21. The Morgan fingerprint density at radius 3 is 2.77 bits per heavy atom. The number of hydrogen-bond donors (Lipinski definition) is 2. The molecule has 0 unspecified atom stereocenters. The fraction of sp³-hybridized carbons (Fsp3) is 0.526. The number of aromatic nitrogens is 3. The number of rotatable bonds is 9. The number of guanidine groups is 1. The molecule has 1 heterocycles. The Bertz CT molecular complexity index is 710. The maximum Gasteiger partial charge on any atom is 0.191 e. The van der Waals surface area contributed by atoms with Gasteiger partial charge in [-0.2, -0.15) is 0 Å². The van der Waals surface area contributed by atoms with Crippen LogP contribution in [0.15, 0.2) is 29.3 Å². The van der Waals surface area contributed by atoms with Crippen molar-refractivity contribution < 1.29 is 4.74 Å². The third kappa shape index (κ3) is 6.48. The van der Waals surface area contributed by atoms with E-state index in [0.29, 0.717) is 13.1 Å². The maximum atomic E-state index is 5.38. The highest BCUT2D eigenvalue weighted by molar-refractivity contribution is 5.79. The van der Waals surface area contributed by atoms with E-state index < -0.39 is 0 Å². The Morgan fingerprint density at radius 2 is 2.08 bits per heavy atom. The van der Waals surface area contributed by atoms with E-state index in [9.17, 15) is 0 Å². The molecule has 1 aromatic carbocycles. The lowest BCUT2D eigenvalue weighted by Crippen LogP contribution is -2.38. The van der Waals surface area contributed by atoms with Crippen LogP contribution >= 0.6 is 0 Å². The van der Waals surface area contributed by atoms with Crippen molar-refractivity contribution in [2.45, 2.75) is 40.3 Å². The molecule has 2 rings (SSSR count). The molecule has 7 nitrogen and oxygen atoms in total. The van der Waals surface area contributed by atoms with Gasteiger partial charge in [0.15, 0.2) is 11.8 Å². The molecular weight excluding hydrogens is 328 g/mol. The van der Waals surface area contributed by atoms with Crippen molar-refractivity contribution in [1.29, 1.82) is 0 Å². The standard InChI is InChI=1S/C19H30N6O/c1-5-26-11-7-10-20-19(21-13-17-9-6-8-15(2)12-17)22-14-18-24-23-16(3)25(18)4/h6,8-9,12H,5,7,10-11,13-14H2,1-4H3,(H2,20,21,22). The van der Waals surface area contributed by atoms with E-state index in [2.05, 4.69) is 52.0 Å². The van der Waals surface area contributed by atoms with Crippen molar-refractivity contribution in [3.63, 3.8) is 0 Å². The number of nitrogens with one attached hydrogen (secondary N) is 2. The third-order valence-electron chi connectivity index (χ3n) is 4.06. The maximum absolute atomic E-state index is 5.38. The summed E-state index contributed by atoms with van der Waals surface area (Å²) in [6.07, 6.45) is 0.933. The average molecular weight is 358 g/mol. The van der Waals surface area contributed by atoms with Crippen LogP contribution in [0.3, 0.4) is 0 Å². The fourth-order valence-corrected chi connectivity index (χ4v) is 2.45. The summed E-state index contributed by atoms with van der Waals surface area (Å²) in [6.45, 7) is 9.53. The van der Waals surface area contributed by atoms with Crippen molar-refractivity contribution >= 4 is 5.96 Å². The summed E-state index contributed by atoms with van der Waals surface area (Å²) in [6, 6.07) is 8.40. The molecule has 0 amide bonds. The average Bonchev–Trinajstić information content (AvgIpc) is 2.95. The van der Waals surface area contributed by atoms with Crippen LogP contribution < -0.4 is 10.6 Å². The van der Waals surface area contributed by atoms with E-state index in [1.807, 2.05) is 25.5 Å². The van der Waals surface area contributed by atoms with Crippen molar-refractivity contribution in [2.24, 2.45) is 12.0 Å². The molecule has 0 bridgehead atoms. The molecule has 0 saturated carbocycles. The number of nitrogens with zero attached hydrogens (tertiary/aromatic N) is 4. The predicted molar refractivity (Wildman–Crippen MR) is 104 cm³/mol. The van der Waals surface area contributed by atoms with E-state index >= 15 is 0 Å². The summed E-state index contributed by atoms with van der Waals surface area (Å²) in [5.74, 6) is 2.54. The molecule has 0 saturated heterocycles. The first-order chi connectivity index (χ1) is 12.6. The van der Waals surface area contributed by atoms with E-state index in [1.54, 1.807) is 0 Å². The van der Waals surface area contributed by atoms with Crippen LogP contribution in [0.5, 0.6) is 0 Å². The number of hydrogen-bond acceptors (Lipinski definition) is 4. The molecule has 1 aromatic heterocycles. The highest BCUT2D eigenvalue weighted by Gasteiger charge is 2.06. The van der Waals surface area contributed by atoms with Crippen LogP contribution in [0, 0.1) is 13.8 Å². The lowest BCUT2D eigenvalue weighted by Gasteiger charge is -2.13. The smallest absolute Gasteiger partial charge is 0.191 e. The highest BCUT2D eigenvalue weighted by Crippen LogP contribution is 2.05. The molecule has 7 heteroatoms. The second-order valence-electron chi connectivity index (χ2n) is 6.21. The van der Waals surface area contributed by atoms with E-state index in [-0.39, 0.29) is 0 Å². The molecular formula is C19H30N6O. The van der Waals surface area contributed by atoms with Gasteiger partial charge in [0.2, 0.25) is 0 Å². The molecule has 0 radical (unpaired) electrons. The zero-order chi connectivity index (χ0) is 18.8. The zero-order valence-electron chi connectivity index (χ0n) is 16.2. The molecule has 0 fully saturated rings. The van der Waals surface area contributed by atoms with Crippen LogP contribution in [0.25, 0.3) is 0 Å². The first-order valence-electron chi connectivity index (χ1n) is 9.10. The van der Waals surface area contributed by atoms with Gasteiger partial charge >= 0.3 is 0 Å². The van der Waals surface area contributed by atoms with E-state index in [1.165, 1.54) is 11.1 Å². The second kappa shape index (κ2) is 10.6. The molecule has 2 aromatic rings. The minimum Gasteiger partial charge on any atom is -0.382 e. The van der Waals surface area contributed by atoms with Crippen LogP contribution in [0.4, 0.5) is 0 Å². The summed E-state index contributed by atoms with van der Waals surface area (Å²) in [7, 11) is 1.96. The molecule has 26 heavy (non-hydrogen) atoms. The van der Waals surface area contributed by atoms with Gasteiger partial charge < -0.3 is 19.9 Å². The van der Waals surface area contributed by atoms with Gasteiger partial charge in [0, 0.05) is 26.8 Å². The minimum atomic E-state index is 0.572. The Labute approximate surface area is 155 Å². The molecule has 0 aliphatic carbocycles. The minimum absolute atomic E-state index is 0.572. The molecule has 0 spiro atoms. The quantitative estimate of drug-likeness (QED) is 0.408. The monoisotopic (exact) mass is 358 g/mol. The Hall–Kier alpha value is -2.41. The van der Waals surface area contributed by atoms with E-state index in [4.69, 9.17) is 9.73 Å². The summed E-state index contributed by atoms with van der Waals surface area (Å²) < 4.78 is 7.36. The van der Waals surface area contributed by atoms with Gasteiger partial charge in [0.1, 0.15) is 5.82 Å². The largest absolute Gasteiger partial charge is 0.382 e. The van der Waals surface area contributed by atoms with Crippen molar-refractivity contribution in [1.82, 2.24) is 25.4 Å². The summed E-state index contributed by atoms with van der Waals surface area (Å²) >= 11 is 0. The number of ether oxygens (including phenoxy) is 1. The Morgan fingerprint density at radius 1 is 1.23 bits per heavy atom. The van der Waals surface area contributed by atoms with Gasteiger partial charge in [-0.05, 0) is 32.8 Å². The Balaban J connectivity index is 1.95. The lowest BCUT2D eigenvalue weighted by molar-refractivity contribution is 0.145. The molecule has 0 aliphatic rings. The fourth-order valence-electron chi connectivity index (χ4n) is 2.45. The van der Waals surface area contributed by atoms with Crippen LogP contribution in [0.2, 0.25) is 0 Å². The van der Waals surface area contributed by atoms with Gasteiger partial charge in [-0.15, -0.1) is 10.2 Å². The molecule has 142 valence electrons. The predicted octanol–water partition coefficient (Wildman–Crippen LogP) is 2.09.